The molecule has 2 aliphatic rings. The van der Waals surface area contributed by atoms with Gasteiger partial charge in [-0.25, -0.2) is 10.2 Å². The SMILES string of the molecule is CCOc1cc(C=NNc2nc(N3CCCCC3)nc(N3CCCCC3)n2)ccc1OC(=O)c1ccc([N+](=O)[O-])c(C)c1. The number of esters is 1. The lowest BCUT2D eigenvalue weighted by atomic mass is 10.1. The maximum atomic E-state index is 12.8. The predicted octanol–water partition coefficient (Wildman–Crippen LogP) is 5.13. The van der Waals surface area contributed by atoms with Gasteiger partial charge in [0.1, 0.15) is 0 Å². The smallest absolute Gasteiger partial charge is 0.343 e. The van der Waals surface area contributed by atoms with E-state index in [0.717, 1.165) is 51.9 Å². The zero-order valence-electron chi connectivity index (χ0n) is 24.5. The lowest BCUT2D eigenvalue weighted by Crippen LogP contribution is -2.34. The van der Waals surface area contributed by atoms with Gasteiger partial charge in [-0.2, -0.15) is 20.1 Å². The van der Waals surface area contributed by atoms with Crippen LogP contribution in [0.4, 0.5) is 23.5 Å². The Morgan fingerprint density at radius 2 is 1.60 bits per heavy atom. The number of hydrazone groups is 1. The fourth-order valence-corrected chi connectivity index (χ4v) is 5.14. The van der Waals surface area contributed by atoms with Gasteiger partial charge < -0.3 is 19.3 Å². The number of nitrogens with one attached hydrogen (secondary N) is 1. The lowest BCUT2D eigenvalue weighted by Gasteiger charge is -2.30. The largest absolute Gasteiger partial charge is 0.490 e. The second-order valence-electron chi connectivity index (χ2n) is 10.5. The van der Waals surface area contributed by atoms with Crippen molar-refractivity contribution in [3.63, 3.8) is 0 Å². The number of carbonyl (C=O) groups is 1. The maximum Gasteiger partial charge on any atom is 0.343 e. The Balaban J connectivity index is 1.31. The van der Waals surface area contributed by atoms with Gasteiger partial charge in [-0.3, -0.25) is 10.1 Å². The number of nitro groups is 1. The first kappa shape index (κ1) is 29.7. The molecular weight excluding hydrogens is 552 g/mol. The van der Waals surface area contributed by atoms with Crippen LogP contribution in [-0.2, 0) is 0 Å². The minimum absolute atomic E-state index is 0.0635. The van der Waals surface area contributed by atoms with Crippen molar-refractivity contribution in [1.29, 1.82) is 0 Å². The second kappa shape index (κ2) is 13.9. The molecule has 0 radical (unpaired) electrons. The molecule has 0 unspecified atom stereocenters. The van der Waals surface area contributed by atoms with E-state index >= 15 is 0 Å². The maximum absolute atomic E-state index is 12.8. The highest BCUT2D eigenvalue weighted by molar-refractivity contribution is 5.92. The zero-order chi connectivity index (χ0) is 30.2. The molecule has 0 spiro atoms. The summed E-state index contributed by atoms with van der Waals surface area (Å²) in [4.78, 5) is 41.9. The van der Waals surface area contributed by atoms with Gasteiger partial charge in [0, 0.05) is 37.8 Å². The summed E-state index contributed by atoms with van der Waals surface area (Å²) in [5.74, 6) is 1.65. The molecule has 43 heavy (non-hydrogen) atoms. The Bertz CT molecular complexity index is 1450. The van der Waals surface area contributed by atoms with E-state index < -0.39 is 10.9 Å². The van der Waals surface area contributed by atoms with Crippen molar-refractivity contribution in [2.24, 2.45) is 5.10 Å². The van der Waals surface area contributed by atoms with Crippen LogP contribution in [0, 0.1) is 17.0 Å². The van der Waals surface area contributed by atoms with Crippen LogP contribution >= 0.6 is 0 Å². The summed E-state index contributed by atoms with van der Waals surface area (Å²) in [7, 11) is 0. The summed E-state index contributed by atoms with van der Waals surface area (Å²) in [5, 5.41) is 15.5. The van der Waals surface area contributed by atoms with E-state index in [0.29, 0.717) is 41.3 Å². The number of aromatic nitrogens is 3. The molecule has 0 saturated carbocycles. The van der Waals surface area contributed by atoms with Crippen molar-refractivity contribution >= 4 is 35.7 Å². The number of carbonyl (C=O) groups excluding carboxylic acids is 1. The molecule has 13 heteroatoms. The number of nitrogens with zero attached hydrogens (tertiary/aromatic N) is 7. The minimum atomic E-state index is -0.647. The van der Waals surface area contributed by atoms with Crippen LogP contribution in [0.2, 0.25) is 0 Å². The molecule has 2 fully saturated rings. The van der Waals surface area contributed by atoms with E-state index in [1.54, 1.807) is 31.3 Å². The van der Waals surface area contributed by atoms with Gasteiger partial charge in [-0.15, -0.1) is 0 Å². The summed E-state index contributed by atoms with van der Waals surface area (Å²) in [6, 6.07) is 9.16. The van der Waals surface area contributed by atoms with E-state index in [4.69, 9.17) is 14.5 Å². The van der Waals surface area contributed by atoms with Crippen LogP contribution in [0.25, 0.3) is 0 Å². The van der Waals surface area contributed by atoms with Gasteiger partial charge in [-0.1, -0.05) is 0 Å². The normalized spacial score (nSPS) is 15.4. The number of nitro benzene ring substituents is 1. The fraction of sp³-hybridized carbons (Fsp3) is 0.433. The number of hydrogen-bond donors (Lipinski definition) is 1. The van der Waals surface area contributed by atoms with Gasteiger partial charge in [0.15, 0.2) is 11.5 Å². The van der Waals surface area contributed by atoms with Crippen LogP contribution in [-0.4, -0.2) is 64.8 Å². The predicted molar refractivity (Wildman–Crippen MR) is 164 cm³/mol. The molecule has 0 bridgehead atoms. The molecular formula is C30H36N8O5. The van der Waals surface area contributed by atoms with Crippen LogP contribution in [0.15, 0.2) is 41.5 Å². The monoisotopic (exact) mass is 588 g/mol. The molecule has 0 amide bonds. The molecule has 5 rings (SSSR count). The van der Waals surface area contributed by atoms with Crippen LogP contribution < -0.4 is 24.7 Å². The van der Waals surface area contributed by atoms with Crippen molar-refractivity contribution < 1.29 is 19.2 Å². The van der Waals surface area contributed by atoms with Crippen molar-refractivity contribution in [2.75, 3.05) is 48.0 Å². The molecule has 0 atom stereocenters. The van der Waals surface area contributed by atoms with Gasteiger partial charge >= 0.3 is 5.97 Å². The Morgan fingerprint density at radius 3 is 2.19 bits per heavy atom. The van der Waals surface area contributed by atoms with Gasteiger partial charge in [0.05, 0.1) is 23.3 Å². The van der Waals surface area contributed by atoms with E-state index in [1.807, 2.05) is 6.92 Å². The standard InChI is InChI=1S/C30H36N8O5/c1-3-42-26-19-22(10-13-25(26)43-27(39)23-11-12-24(38(40)41)21(2)18-23)20-31-35-28-32-29(36-14-6-4-7-15-36)34-30(33-28)37-16-8-5-9-17-37/h10-13,18-20H,3-9,14-17H2,1-2H3,(H,32,33,34,35). The summed E-state index contributed by atoms with van der Waals surface area (Å²) in [6.07, 6.45) is 8.51. The Morgan fingerprint density at radius 1 is 0.953 bits per heavy atom. The lowest BCUT2D eigenvalue weighted by molar-refractivity contribution is -0.385. The average molecular weight is 589 g/mol. The molecule has 2 aliphatic heterocycles. The van der Waals surface area contributed by atoms with Gasteiger partial charge in [-0.05, 0) is 88.3 Å². The van der Waals surface area contributed by atoms with E-state index in [1.165, 1.54) is 31.0 Å². The van der Waals surface area contributed by atoms with E-state index in [2.05, 4.69) is 30.3 Å². The molecule has 13 nitrogen and oxygen atoms in total. The highest BCUT2D eigenvalue weighted by Gasteiger charge is 2.21. The van der Waals surface area contributed by atoms with Crippen LogP contribution in [0.1, 0.15) is 66.9 Å². The number of rotatable bonds is 10. The zero-order valence-corrected chi connectivity index (χ0v) is 24.5. The highest BCUT2D eigenvalue weighted by Crippen LogP contribution is 2.30. The quantitative estimate of drug-likeness (QED) is 0.110. The van der Waals surface area contributed by atoms with E-state index in [-0.39, 0.29) is 17.0 Å². The fourth-order valence-electron chi connectivity index (χ4n) is 5.14. The minimum Gasteiger partial charge on any atom is -0.490 e. The Labute approximate surface area is 250 Å². The third-order valence-electron chi connectivity index (χ3n) is 7.37. The number of piperidine rings is 2. The van der Waals surface area contributed by atoms with Crippen molar-refractivity contribution in [1.82, 2.24) is 15.0 Å². The number of hydrogen-bond acceptors (Lipinski definition) is 12. The Kier molecular flexibility index (Phi) is 9.59. The average Bonchev–Trinajstić information content (AvgIpc) is 3.03. The third-order valence-corrected chi connectivity index (χ3v) is 7.37. The Hall–Kier alpha value is -4.81. The highest BCUT2D eigenvalue weighted by atomic mass is 16.6. The summed E-state index contributed by atoms with van der Waals surface area (Å²) in [6.45, 7) is 7.45. The molecule has 226 valence electrons. The van der Waals surface area contributed by atoms with Crippen LogP contribution in [0.3, 0.4) is 0 Å². The number of ether oxygens (including phenoxy) is 2. The summed E-state index contributed by atoms with van der Waals surface area (Å²) >= 11 is 0. The number of aryl methyl sites for hydroxylation is 1. The number of benzene rings is 2. The summed E-state index contributed by atoms with van der Waals surface area (Å²) in [5.41, 5.74) is 4.17. The van der Waals surface area contributed by atoms with Crippen molar-refractivity contribution in [3.8, 4) is 11.5 Å². The first-order valence-corrected chi connectivity index (χ1v) is 14.7. The third kappa shape index (κ3) is 7.53. The van der Waals surface area contributed by atoms with Crippen molar-refractivity contribution in [3.05, 3.63) is 63.2 Å². The van der Waals surface area contributed by atoms with Crippen LogP contribution in [0.5, 0.6) is 11.5 Å². The molecule has 1 N–H and O–H groups in total. The molecule has 0 aliphatic carbocycles. The molecule has 3 heterocycles. The first-order valence-electron chi connectivity index (χ1n) is 14.7. The van der Waals surface area contributed by atoms with Gasteiger partial charge in [0.25, 0.3) is 5.69 Å². The second-order valence-corrected chi connectivity index (χ2v) is 10.5. The number of anilines is 3. The molecule has 1 aromatic heterocycles. The molecule has 2 aromatic carbocycles. The first-order chi connectivity index (χ1) is 20.9. The molecule has 3 aromatic rings. The van der Waals surface area contributed by atoms with E-state index in [9.17, 15) is 14.9 Å². The summed E-state index contributed by atoms with van der Waals surface area (Å²) < 4.78 is 11.3. The topological polar surface area (TPSA) is 148 Å². The molecule has 2 saturated heterocycles. The van der Waals surface area contributed by atoms with Crippen molar-refractivity contribution in [2.45, 2.75) is 52.4 Å². The van der Waals surface area contributed by atoms with Gasteiger partial charge in [0.2, 0.25) is 17.8 Å².